The predicted octanol–water partition coefficient (Wildman–Crippen LogP) is 4.85. The first-order chi connectivity index (χ1) is 14.7. The summed E-state index contributed by atoms with van der Waals surface area (Å²) in [6.45, 7) is 3.88. The number of nitrogens with one attached hydrogen (secondary N) is 1. The van der Waals surface area contributed by atoms with E-state index in [9.17, 15) is 14.4 Å². The Kier molecular flexibility index (Phi) is 6.87. The molecular weight excluding hydrogens is 443 g/mol. The minimum atomic E-state index is -0.845. The van der Waals surface area contributed by atoms with Crippen LogP contribution in [0.2, 0.25) is 10.0 Å². The Labute approximate surface area is 189 Å². The summed E-state index contributed by atoms with van der Waals surface area (Å²) in [5, 5.41) is 2.88. The van der Waals surface area contributed by atoms with Gasteiger partial charge in [0.1, 0.15) is 5.57 Å². The van der Waals surface area contributed by atoms with Crippen LogP contribution in [0.5, 0.6) is 11.5 Å². The summed E-state index contributed by atoms with van der Waals surface area (Å²) in [5.41, 5.74) is 0.476. The number of hydrogen-bond donors (Lipinski definition) is 1. The average Bonchev–Trinajstić information content (AvgIpc) is 2.73. The molecule has 1 aliphatic rings. The summed E-state index contributed by atoms with van der Waals surface area (Å²) in [5.74, 6) is -0.853. The van der Waals surface area contributed by atoms with E-state index in [0.717, 1.165) is 11.3 Å². The van der Waals surface area contributed by atoms with Gasteiger partial charge >= 0.3 is 6.03 Å². The molecule has 1 N–H and O–H groups in total. The smallest absolute Gasteiger partial charge is 0.335 e. The van der Waals surface area contributed by atoms with Crippen LogP contribution in [0.3, 0.4) is 0 Å². The quantitative estimate of drug-likeness (QED) is 0.489. The van der Waals surface area contributed by atoms with E-state index < -0.39 is 17.8 Å². The van der Waals surface area contributed by atoms with Gasteiger partial charge in [0.15, 0.2) is 11.5 Å². The first kappa shape index (κ1) is 22.7. The van der Waals surface area contributed by atoms with Crippen LogP contribution < -0.4 is 19.7 Å². The van der Waals surface area contributed by atoms with Crippen molar-refractivity contribution in [1.29, 1.82) is 0 Å². The Bertz CT molecular complexity index is 1070. The van der Waals surface area contributed by atoms with Crippen molar-refractivity contribution in [2.75, 3.05) is 12.0 Å². The second-order valence-electron chi connectivity index (χ2n) is 6.81. The van der Waals surface area contributed by atoms with Crippen molar-refractivity contribution in [2.24, 2.45) is 0 Å². The third kappa shape index (κ3) is 4.84. The van der Waals surface area contributed by atoms with E-state index in [0.29, 0.717) is 22.1 Å². The van der Waals surface area contributed by atoms with Crippen LogP contribution in [-0.2, 0) is 9.59 Å². The van der Waals surface area contributed by atoms with Gasteiger partial charge in [0.2, 0.25) is 0 Å². The molecule has 9 heteroatoms. The highest BCUT2D eigenvalue weighted by Gasteiger charge is 2.36. The van der Waals surface area contributed by atoms with Crippen LogP contribution >= 0.6 is 23.2 Å². The zero-order valence-electron chi connectivity index (χ0n) is 17.1. The third-order valence-corrected chi connectivity index (χ3v) is 5.18. The number of rotatable bonds is 6. The molecule has 1 aliphatic heterocycles. The lowest BCUT2D eigenvalue weighted by Gasteiger charge is -2.26. The zero-order valence-corrected chi connectivity index (χ0v) is 18.6. The molecule has 1 saturated heterocycles. The molecular formula is C22H20Cl2N2O5. The molecule has 0 spiro atoms. The molecule has 0 saturated carbocycles. The average molecular weight is 463 g/mol. The fourth-order valence-electron chi connectivity index (χ4n) is 2.87. The van der Waals surface area contributed by atoms with Crippen molar-refractivity contribution >= 4 is 52.8 Å². The molecule has 7 nitrogen and oxygen atoms in total. The van der Waals surface area contributed by atoms with E-state index in [1.54, 1.807) is 12.1 Å². The van der Waals surface area contributed by atoms with Crippen LogP contribution in [0.4, 0.5) is 10.5 Å². The van der Waals surface area contributed by atoms with Gasteiger partial charge in [-0.25, -0.2) is 9.69 Å². The molecule has 4 amide bonds. The fraction of sp³-hybridized carbons (Fsp3) is 0.227. The van der Waals surface area contributed by atoms with E-state index in [1.165, 1.54) is 37.5 Å². The third-order valence-electron chi connectivity index (χ3n) is 4.64. The summed E-state index contributed by atoms with van der Waals surface area (Å²) >= 11 is 12.2. The Morgan fingerprint density at radius 2 is 1.81 bits per heavy atom. The standard InChI is InChI=1S/C22H20Cl2N2O5/c1-4-12(2)31-19-17(24)10-13(11-18(19)30-3)9-16-20(27)25-22(29)26(21(16)28)15-7-5-14(23)6-8-15/h5-12H,4H2,1-3H3,(H,25,27,29)/b16-9+/t12-/m0/s1. The molecule has 0 bridgehead atoms. The highest BCUT2D eigenvalue weighted by Crippen LogP contribution is 2.38. The van der Waals surface area contributed by atoms with Crippen molar-refractivity contribution in [1.82, 2.24) is 5.32 Å². The van der Waals surface area contributed by atoms with Crippen LogP contribution in [0.25, 0.3) is 6.08 Å². The molecule has 1 fully saturated rings. The van der Waals surface area contributed by atoms with Crippen molar-refractivity contribution in [3.05, 3.63) is 57.6 Å². The number of barbiturate groups is 1. The Morgan fingerprint density at radius 3 is 2.42 bits per heavy atom. The van der Waals surface area contributed by atoms with Crippen LogP contribution in [0, 0.1) is 0 Å². The summed E-state index contributed by atoms with van der Waals surface area (Å²) in [6.07, 6.45) is 2.03. The van der Waals surface area contributed by atoms with E-state index in [4.69, 9.17) is 32.7 Å². The SMILES string of the molecule is CC[C@H](C)Oc1c(Cl)cc(/C=C2\C(=O)NC(=O)N(c3ccc(Cl)cc3)C2=O)cc1OC. The lowest BCUT2D eigenvalue weighted by molar-refractivity contribution is -0.122. The van der Waals surface area contributed by atoms with Gasteiger partial charge in [0.25, 0.3) is 11.8 Å². The molecule has 0 unspecified atom stereocenters. The van der Waals surface area contributed by atoms with Gasteiger partial charge in [-0.3, -0.25) is 14.9 Å². The molecule has 2 aromatic carbocycles. The molecule has 162 valence electrons. The Morgan fingerprint density at radius 1 is 1.13 bits per heavy atom. The molecule has 0 aromatic heterocycles. The summed E-state index contributed by atoms with van der Waals surface area (Å²) in [4.78, 5) is 38.5. The number of anilines is 1. The Hall–Kier alpha value is -3.03. The van der Waals surface area contributed by atoms with Gasteiger partial charge in [-0.1, -0.05) is 30.1 Å². The van der Waals surface area contributed by atoms with Crippen molar-refractivity contribution < 1.29 is 23.9 Å². The van der Waals surface area contributed by atoms with Crippen molar-refractivity contribution in [3.8, 4) is 11.5 Å². The second-order valence-corrected chi connectivity index (χ2v) is 7.65. The molecule has 3 rings (SSSR count). The molecule has 31 heavy (non-hydrogen) atoms. The number of halogens is 2. The second kappa shape index (κ2) is 9.41. The number of hydrogen-bond acceptors (Lipinski definition) is 5. The molecule has 0 radical (unpaired) electrons. The number of carbonyl (C=O) groups is 3. The van der Waals surface area contributed by atoms with Gasteiger partial charge in [-0.05, 0) is 61.4 Å². The number of urea groups is 1. The van der Waals surface area contributed by atoms with Gasteiger partial charge < -0.3 is 9.47 Å². The van der Waals surface area contributed by atoms with Gasteiger partial charge in [-0.15, -0.1) is 0 Å². The number of carbonyl (C=O) groups excluding carboxylic acids is 3. The molecule has 1 atom stereocenters. The highest BCUT2D eigenvalue weighted by atomic mass is 35.5. The normalized spacial score (nSPS) is 16.4. The van der Waals surface area contributed by atoms with Crippen LogP contribution in [-0.4, -0.2) is 31.1 Å². The monoisotopic (exact) mass is 462 g/mol. The zero-order chi connectivity index (χ0) is 22.7. The van der Waals surface area contributed by atoms with Gasteiger partial charge in [-0.2, -0.15) is 0 Å². The van der Waals surface area contributed by atoms with Crippen LogP contribution in [0.1, 0.15) is 25.8 Å². The largest absolute Gasteiger partial charge is 0.493 e. The summed E-state index contributed by atoms with van der Waals surface area (Å²) in [6, 6.07) is 8.40. The summed E-state index contributed by atoms with van der Waals surface area (Å²) in [7, 11) is 1.46. The maximum Gasteiger partial charge on any atom is 0.335 e. The summed E-state index contributed by atoms with van der Waals surface area (Å²) < 4.78 is 11.2. The Balaban J connectivity index is 2.00. The van der Waals surface area contributed by atoms with E-state index in [2.05, 4.69) is 5.32 Å². The minimum Gasteiger partial charge on any atom is -0.493 e. The maximum atomic E-state index is 13.0. The lowest BCUT2D eigenvalue weighted by atomic mass is 10.1. The number of imide groups is 2. The number of ether oxygens (including phenoxy) is 2. The predicted molar refractivity (Wildman–Crippen MR) is 119 cm³/mol. The highest BCUT2D eigenvalue weighted by molar-refractivity contribution is 6.39. The van der Waals surface area contributed by atoms with E-state index >= 15 is 0 Å². The van der Waals surface area contributed by atoms with Crippen LogP contribution in [0.15, 0.2) is 42.0 Å². The van der Waals surface area contributed by atoms with E-state index in [-0.39, 0.29) is 22.4 Å². The van der Waals surface area contributed by atoms with Crippen molar-refractivity contribution in [2.45, 2.75) is 26.4 Å². The number of methoxy groups -OCH3 is 1. The lowest BCUT2D eigenvalue weighted by Crippen LogP contribution is -2.54. The van der Waals surface area contributed by atoms with Gasteiger partial charge in [0.05, 0.1) is 23.9 Å². The fourth-order valence-corrected chi connectivity index (χ4v) is 3.26. The molecule has 0 aliphatic carbocycles. The van der Waals surface area contributed by atoms with E-state index in [1.807, 2.05) is 13.8 Å². The molecule has 1 heterocycles. The van der Waals surface area contributed by atoms with Gasteiger partial charge in [0, 0.05) is 5.02 Å². The minimum absolute atomic E-state index is 0.0831. The first-order valence-electron chi connectivity index (χ1n) is 9.46. The molecule has 2 aromatic rings. The van der Waals surface area contributed by atoms with Crippen molar-refractivity contribution in [3.63, 3.8) is 0 Å². The number of benzene rings is 2. The maximum absolute atomic E-state index is 13.0. The first-order valence-corrected chi connectivity index (χ1v) is 10.2. The topological polar surface area (TPSA) is 84.9 Å². The number of amides is 4. The number of nitrogens with zero attached hydrogens (tertiary/aromatic N) is 1.